The Morgan fingerprint density at radius 3 is 2.64 bits per heavy atom. The quantitative estimate of drug-likeness (QED) is 0.645. The van der Waals surface area contributed by atoms with Gasteiger partial charge in [-0.05, 0) is 42.3 Å². The van der Waals surface area contributed by atoms with Gasteiger partial charge in [-0.3, -0.25) is 9.78 Å². The van der Waals surface area contributed by atoms with Crippen LogP contribution in [0.3, 0.4) is 0 Å². The molecule has 180 valence electrons. The van der Waals surface area contributed by atoms with E-state index >= 15 is 0 Å². The minimum atomic E-state index is -3.93. The molecule has 0 saturated heterocycles. The number of sulfonamides is 1. The fraction of sp³-hybridized carbons (Fsp3) is 0.478. The summed E-state index contributed by atoms with van der Waals surface area (Å²) >= 11 is 0. The molecule has 1 aromatic carbocycles. The highest BCUT2D eigenvalue weighted by atomic mass is 32.2. The third-order valence-electron chi connectivity index (χ3n) is 5.83. The van der Waals surface area contributed by atoms with Gasteiger partial charge in [0.25, 0.3) is 0 Å². The van der Waals surface area contributed by atoms with Crippen molar-refractivity contribution in [3.8, 4) is 16.9 Å². The fourth-order valence-corrected chi connectivity index (χ4v) is 5.60. The minimum absolute atomic E-state index is 0.0309. The van der Waals surface area contributed by atoms with E-state index in [2.05, 4.69) is 4.98 Å². The van der Waals surface area contributed by atoms with Crippen LogP contribution in [0.5, 0.6) is 5.75 Å². The van der Waals surface area contributed by atoms with Crippen LogP contribution in [0.2, 0.25) is 0 Å². The van der Waals surface area contributed by atoms with Crippen LogP contribution < -0.4 is 4.74 Å². The molecule has 3 rings (SSSR count). The summed E-state index contributed by atoms with van der Waals surface area (Å²) in [4.78, 5) is 17.9. The number of hydrogen-bond acceptors (Lipinski definition) is 7. The van der Waals surface area contributed by atoms with E-state index in [4.69, 9.17) is 9.47 Å². The number of aromatic nitrogens is 1. The van der Waals surface area contributed by atoms with Crippen molar-refractivity contribution in [1.82, 2.24) is 14.2 Å². The van der Waals surface area contributed by atoms with Crippen LogP contribution >= 0.6 is 0 Å². The number of rotatable bonds is 7. The average Bonchev–Trinajstić information content (AvgIpc) is 2.81. The predicted molar refractivity (Wildman–Crippen MR) is 123 cm³/mol. The first-order chi connectivity index (χ1) is 15.7. The Bertz CT molecular complexity index is 1060. The first-order valence-electron chi connectivity index (χ1n) is 10.8. The number of hydrogen-bond donors (Lipinski definition) is 1. The van der Waals surface area contributed by atoms with E-state index in [0.717, 1.165) is 11.1 Å². The maximum Gasteiger partial charge on any atom is 0.248 e. The van der Waals surface area contributed by atoms with Gasteiger partial charge < -0.3 is 19.5 Å². The van der Waals surface area contributed by atoms with Gasteiger partial charge in [0.05, 0.1) is 13.2 Å². The number of methoxy groups -OCH3 is 1. The monoisotopic (exact) mass is 477 g/mol. The van der Waals surface area contributed by atoms with Gasteiger partial charge in [-0.15, -0.1) is 0 Å². The molecule has 0 radical (unpaired) electrons. The molecule has 1 N–H and O–H groups in total. The standard InChI is InChI=1S/C23H31N3O6S/c1-16-12-26(17(2)14-27)33(29,30)22-6-5-19(18-7-9-24-10-8-18)11-20(22)32-21(16)13-25(3)23(28)15-31-4/h5-11,16-17,21,27H,12-15H2,1-4H3/t16-,17-,21+/m0/s1. The molecule has 1 aliphatic heterocycles. The molecular formula is C23H31N3O6S. The molecule has 2 heterocycles. The molecule has 2 aromatic rings. The van der Waals surface area contributed by atoms with Crippen LogP contribution in [0.25, 0.3) is 11.1 Å². The van der Waals surface area contributed by atoms with Crippen LogP contribution in [-0.4, -0.2) is 86.2 Å². The van der Waals surface area contributed by atoms with E-state index in [0.29, 0.717) is 0 Å². The molecule has 0 spiro atoms. The second-order valence-electron chi connectivity index (χ2n) is 8.34. The van der Waals surface area contributed by atoms with Crippen LogP contribution in [-0.2, 0) is 19.6 Å². The van der Waals surface area contributed by atoms with Gasteiger partial charge in [0.15, 0.2) is 0 Å². The fourth-order valence-electron chi connectivity index (χ4n) is 3.77. The second-order valence-corrected chi connectivity index (χ2v) is 10.2. The maximum atomic E-state index is 13.5. The molecule has 0 aliphatic carbocycles. The summed E-state index contributed by atoms with van der Waals surface area (Å²) in [7, 11) is -0.810. The second kappa shape index (κ2) is 10.6. The van der Waals surface area contributed by atoms with Crippen molar-refractivity contribution in [3.05, 3.63) is 42.7 Å². The molecule has 0 unspecified atom stereocenters. The summed E-state index contributed by atoms with van der Waals surface area (Å²) in [5.41, 5.74) is 1.65. The van der Waals surface area contributed by atoms with Crippen molar-refractivity contribution < 1.29 is 27.8 Å². The van der Waals surface area contributed by atoms with Gasteiger partial charge in [0, 0.05) is 45.1 Å². The Morgan fingerprint density at radius 1 is 1.30 bits per heavy atom. The first kappa shape index (κ1) is 25.1. The number of pyridine rings is 1. The smallest absolute Gasteiger partial charge is 0.248 e. The Kier molecular flexibility index (Phi) is 8.06. The SMILES string of the molecule is COCC(=O)N(C)C[C@H]1Oc2cc(-c3ccncc3)ccc2S(=O)(=O)N([C@@H](C)CO)C[C@@H]1C. The highest BCUT2D eigenvalue weighted by Crippen LogP contribution is 2.36. The number of likely N-dealkylation sites (N-methyl/N-ethyl adjacent to an activating group) is 1. The Hall–Kier alpha value is -2.53. The van der Waals surface area contributed by atoms with E-state index in [1.165, 1.54) is 22.4 Å². The van der Waals surface area contributed by atoms with Gasteiger partial charge in [0.2, 0.25) is 15.9 Å². The topological polar surface area (TPSA) is 109 Å². The predicted octanol–water partition coefficient (Wildman–Crippen LogP) is 1.62. The highest BCUT2D eigenvalue weighted by molar-refractivity contribution is 7.89. The van der Waals surface area contributed by atoms with E-state index in [1.807, 2.05) is 19.1 Å². The molecule has 1 amide bonds. The summed E-state index contributed by atoms with van der Waals surface area (Å²) in [6.07, 6.45) is 2.84. The zero-order chi connectivity index (χ0) is 24.2. The molecule has 0 fully saturated rings. The van der Waals surface area contributed by atoms with Gasteiger partial charge in [0.1, 0.15) is 23.4 Å². The number of benzene rings is 1. The maximum absolute atomic E-state index is 13.5. The summed E-state index contributed by atoms with van der Waals surface area (Å²) in [6.45, 7) is 3.58. The average molecular weight is 478 g/mol. The lowest BCUT2D eigenvalue weighted by molar-refractivity contribution is -0.135. The number of amides is 1. The van der Waals surface area contributed by atoms with Crippen molar-refractivity contribution >= 4 is 15.9 Å². The Balaban J connectivity index is 2.08. The molecule has 1 aliphatic rings. The third-order valence-corrected chi connectivity index (χ3v) is 7.85. The molecule has 0 saturated carbocycles. The lowest BCUT2D eigenvalue weighted by Gasteiger charge is -2.37. The van der Waals surface area contributed by atoms with Crippen LogP contribution in [0, 0.1) is 5.92 Å². The van der Waals surface area contributed by atoms with Crippen molar-refractivity contribution in [1.29, 1.82) is 0 Å². The van der Waals surface area contributed by atoms with Crippen molar-refractivity contribution in [2.24, 2.45) is 5.92 Å². The van der Waals surface area contributed by atoms with Crippen molar-refractivity contribution in [2.75, 3.05) is 40.5 Å². The number of aliphatic hydroxyl groups excluding tert-OH is 1. The number of aliphatic hydroxyl groups is 1. The lowest BCUT2D eigenvalue weighted by atomic mass is 10.0. The van der Waals surface area contributed by atoms with Gasteiger partial charge in [-0.2, -0.15) is 4.31 Å². The van der Waals surface area contributed by atoms with Crippen molar-refractivity contribution in [3.63, 3.8) is 0 Å². The lowest BCUT2D eigenvalue weighted by Crippen LogP contribution is -2.50. The van der Waals surface area contributed by atoms with Crippen LogP contribution in [0.15, 0.2) is 47.6 Å². The van der Waals surface area contributed by atoms with E-state index in [-0.39, 0.29) is 48.8 Å². The minimum Gasteiger partial charge on any atom is -0.487 e. The number of carbonyl (C=O) groups is 1. The van der Waals surface area contributed by atoms with E-state index in [9.17, 15) is 18.3 Å². The number of fused-ring (bicyclic) bond motifs is 1. The summed E-state index contributed by atoms with van der Waals surface area (Å²) in [6, 6.07) is 8.01. The number of ether oxygens (including phenoxy) is 2. The first-order valence-corrected chi connectivity index (χ1v) is 12.2. The highest BCUT2D eigenvalue weighted by Gasteiger charge is 2.38. The molecule has 9 nitrogen and oxygen atoms in total. The van der Waals surface area contributed by atoms with Crippen LogP contribution in [0.1, 0.15) is 13.8 Å². The zero-order valence-corrected chi connectivity index (χ0v) is 20.2. The number of carbonyl (C=O) groups excluding carboxylic acids is 1. The van der Waals surface area contributed by atoms with Crippen molar-refractivity contribution in [2.45, 2.75) is 30.9 Å². The molecular weight excluding hydrogens is 446 g/mol. The molecule has 33 heavy (non-hydrogen) atoms. The zero-order valence-electron chi connectivity index (χ0n) is 19.3. The molecule has 0 bridgehead atoms. The van der Waals surface area contributed by atoms with E-state index in [1.54, 1.807) is 38.5 Å². The van der Waals surface area contributed by atoms with Gasteiger partial charge in [-0.1, -0.05) is 13.0 Å². The Labute approximate surface area is 195 Å². The van der Waals surface area contributed by atoms with Crippen LogP contribution in [0.4, 0.5) is 0 Å². The van der Waals surface area contributed by atoms with E-state index < -0.39 is 22.2 Å². The summed E-state index contributed by atoms with van der Waals surface area (Å²) in [5.74, 6) is -0.248. The molecule has 1 aromatic heterocycles. The number of nitrogens with zero attached hydrogens (tertiary/aromatic N) is 3. The summed E-state index contributed by atoms with van der Waals surface area (Å²) < 4.78 is 39.6. The molecule has 10 heteroatoms. The normalized spacial score (nSPS) is 21.2. The largest absolute Gasteiger partial charge is 0.487 e. The summed E-state index contributed by atoms with van der Waals surface area (Å²) in [5, 5.41) is 9.74. The van der Waals surface area contributed by atoms with Gasteiger partial charge in [-0.25, -0.2) is 8.42 Å². The van der Waals surface area contributed by atoms with Gasteiger partial charge >= 0.3 is 0 Å². The third kappa shape index (κ3) is 5.52. The Morgan fingerprint density at radius 2 is 2.00 bits per heavy atom. The molecule has 3 atom stereocenters.